The first-order valence-electron chi connectivity index (χ1n) is 16.0. The summed E-state index contributed by atoms with van der Waals surface area (Å²) < 4.78 is 23.4. The largest absolute Gasteiger partial charge is 0.481 e. The minimum absolute atomic E-state index is 0.0869. The van der Waals surface area contributed by atoms with Gasteiger partial charge in [-0.3, -0.25) is 4.79 Å². The summed E-state index contributed by atoms with van der Waals surface area (Å²) in [7, 11) is 2.68. The number of esters is 1. The zero-order valence-electron chi connectivity index (χ0n) is 27.7. The van der Waals surface area contributed by atoms with Crippen LogP contribution in [-0.4, -0.2) is 77.3 Å². The molecule has 0 amide bonds. The maximum atomic E-state index is 12.8. The molecular formula is C35H54O9. The number of hydrogen-bond donors (Lipinski definition) is 3. The van der Waals surface area contributed by atoms with Crippen LogP contribution in [0.1, 0.15) is 86.5 Å². The van der Waals surface area contributed by atoms with Crippen LogP contribution in [0.3, 0.4) is 0 Å². The highest BCUT2D eigenvalue weighted by atomic mass is 16.7. The van der Waals surface area contributed by atoms with E-state index in [9.17, 15) is 24.9 Å². The number of allylic oxidation sites excluding steroid dienone is 4. The quantitative estimate of drug-likeness (QED) is 0.119. The fourth-order valence-corrected chi connectivity index (χ4v) is 7.09. The van der Waals surface area contributed by atoms with E-state index in [2.05, 4.69) is 33.8 Å². The molecule has 1 aliphatic carbocycles. The topological polar surface area (TPSA) is 132 Å². The number of rotatable bonds is 11. The number of aliphatic hydroxyl groups is 2. The summed E-state index contributed by atoms with van der Waals surface area (Å²) >= 11 is 0. The van der Waals surface area contributed by atoms with Gasteiger partial charge in [-0.25, -0.2) is 4.79 Å². The summed E-state index contributed by atoms with van der Waals surface area (Å²) in [6.07, 6.45) is 11.9. The molecule has 0 bridgehead atoms. The van der Waals surface area contributed by atoms with Gasteiger partial charge in [-0.1, -0.05) is 57.6 Å². The van der Waals surface area contributed by atoms with Crippen molar-refractivity contribution in [2.45, 2.75) is 122 Å². The second-order valence-corrected chi connectivity index (χ2v) is 13.6. The van der Waals surface area contributed by atoms with Crippen LogP contribution in [0, 0.1) is 23.7 Å². The number of carboxylic acid groups (broad SMARTS) is 1. The molecule has 0 aromatic heterocycles. The number of aliphatic hydroxyl groups excluding tert-OH is 1. The lowest BCUT2D eigenvalue weighted by molar-refractivity contribution is -0.339. The molecule has 3 rings (SSSR count). The van der Waals surface area contributed by atoms with E-state index in [1.807, 2.05) is 13.0 Å². The zero-order valence-corrected chi connectivity index (χ0v) is 27.7. The lowest BCUT2D eigenvalue weighted by atomic mass is 9.71. The van der Waals surface area contributed by atoms with Gasteiger partial charge in [0.1, 0.15) is 11.5 Å². The lowest BCUT2D eigenvalue weighted by Crippen LogP contribution is -2.54. The van der Waals surface area contributed by atoms with Crippen LogP contribution >= 0.6 is 0 Å². The lowest BCUT2D eigenvalue weighted by Gasteiger charge is -2.50. The smallest absolute Gasteiger partial charge is 0.336 e. The molecule has 2 fully saturated rings. The molecule has 9 nitrogen and oxygen atoms in total. The van der Waals surface area contributed by atoms with E-state index < -0.39 is 41.5 Å². The van der Waals surface area contributed by atoms with Gasteiger partial charge in [0, 0.05) is 32.8 Å². The standard InChI is InChI=1S/C35H54O9/c1-21(2)31-24(5)14-15-34(44-31)19-26(36)18-27(43-34)13-12-23(4)16-22(3)10-9-11-28(33(39)42-8)35(40)20-30(41-7)25(6)17-29(35)32(37)38/h9-12,17,21-22,24,26-27,29-31,36,40H,13-16,18-20H2,1-8H3,(H,37,38)/b10-9+,23-12+,28-11+/t22-,24-,26-,27+,29-,30-,31+,34+,35+/m0/s1. The molecule has 2 heterocycles. The van der Waals surface area contributed by atoms with Crippen LogP contribution in [0.15, 0.2) is 47.1 Å². The van der Waals surface area contributed by atoms with Crippen LogP contribution in [-0.2, 0) is 28.5 Å². The van der Waals surface area contributed by atoms with Crippen molar-refractivity contribution in [1.82, 2.24) is 0 Å². The Bertz CT molecular complexity index is 1140. The molecule has 2 saturated heterocycles. The molecule has 3 aliphatic rings. The molecular weight excluding hydrogens is 564 g/mol. The van der Waals surface area contributed by atoms with E-state index in [4.69, 9.17) is 18.9 Å². The summed E-state index contributed by atoms with van der Waals surface area (Å²) in [4.78, 5) is 24.9. The van der Waals surface area contributed by atoms with E-state index in [0.717, 1.165) is 24.8 Å². The van der Waals surface area contributed by atoms with Gasteiger partial charge in [-0.15, -0.1) is 0 Å². The van der Waals surface area contributed by atoms with Gasteiger partial charge in [0.2, 0.25) is 0 Å². The zero-order chi connectivity index (χ0) is 32.8. The minimum Gasteiger partial charge on any atom is -0.481 e. The van der Waals surface area contributed by atoms with Crippen molar-refractivity contribution in [3.8, 4) is 0 Å². The highest BCUT2D eigenvalue weighted by molar-refractivity contribution is 5.93. The number of aliphatic carboxylic acids is 1. The van der Waals surface area contributed by atoms with Crippen LogP contribution in [0.2, 0.25) is 0 Å². The van der Waals surface area contributed by atoms with E-state index in [0.29, 0.717) is 36.7 Å². The number of carbonyl (C=O) groups excluding carboxylic acids is 1. The first-order valence-corrected chi connectivity index (χ1v) is 16.0. The molecule has 3 N–H and O–H groups in total. The third-order valence-electron chi connectivity index (χ3n) is 9.46. The Morgan fingerprint density at radius 3 is 2.50 bits per heavy atom. The van der Waals surface area contributed by atoms with Crippen molar-refractivity contribution < 1.29 is 43.9 Å². The third kappa shape index (κ3) is 8.69. The predicted octanol–water partition coefficient (Wildman–Crippen LogP) is 5.51. The molecule has 0 aromatic rings. The van der Waals surface area contributed by atoms with Gasteiger partial charge in [0.25, 0.3) is 0 Å². The van der Waals surface area contributed by atoms with Crippen molar-refractivity contribution in [3.05, 3.63) is 47.1 Å². The van der Waals surface area contributed by atoms with Gasteiger partial charge in [0.15, 0.2) is 5.79 Å². The number of ether oxygens (including phenoxy) is 4. The normalized spacial score (nSPS) is 36.0. The summed E-state index contributed by atoms with van der Waals surface area (Å²) in [5, 5.41) is 32.2. The monoisotopic (exact) mass is 618 g/mol. The molecule has 1 spiro atoms. The number of carbonyl (C=O) groups is 2. The summed E-state index contributed by atoms with van der Waals surface area (Å²) in [5.41, 5.74) is -0.283. The van der Waals surface area contributed by atoms with Gasteiger partial charge >= 0.3 is 11.9 Å². The summed E-state index contributed by atoms with van der Waals surface area (Å²) in [6, 6.07) is 0. The van der Waals surface area contributed by atoms with E-state index in [-0.39, 0.29) is 30.1 Å². The van der Waals surface area contributed by atoms with Crippen molar-refractivity contribution in [2.75, 3.05) is 14.2 Å². The Labute approximate surface area is 263 Å². The average Bonchev–Trinajstić information content (AvgIpc) is 2.95. The summed E-state index contributed by atoms with van der Waals surface area (Å²) in [5.74, 6) is -3.14. The number of hydrogen-bond acceptors (Lipinski definition) is 8. The maximum Gasteiger partial charge on any atom is 0.336 e. The molecule has 0 unspecified atom stereocenters. The second-order valence-electron chi connectivity index (χ2n) is 13.6. The van der Waals surface area contributed by atoms with Crippen LogP contribution < -0.4 is 0 Å². The Hall–Kier alpha value is -2.30. The van der Waals surface area contributed by atoms with E-state index in [1.54, 1.807) is 13.0 Å². The van der Waals surface area contributed by atoms with Crippen molar-refractivity contribution >= 4 is 11.9 Å². The molecule has 9 atom stereocenters. The Morgan fingerprint density at radius 1 is 1.18 bits per heavy atom. The van der Waals surface area contributed by atoms with Gasteiger partial charge < -0.3 is 34.3 Å². The van der Waals surface area contributed by atoms with Crippen molar-refractivity contribution in [1.29, 1.82) is 0 Å². The fraction of sp³-hybridized carbons (Fsp3) is 0.714. The Kier molecular flexibility index (Phi) is 12.6. The molecule has 248 valence electrons. The molecule has 0 aromatic carbocycles. The van der Waals surface area contributed by atoms with Crippen LogP contribution in [0.5, 0.6) is 0 Å². The highest BCUT2D eigenvalue weighted by Gasteiger charge is 2.51. The number of methoxy groups -OCH3 is 2. The van der Waals surface area contributed by atoms with E-state index in [1.165, 1.54) is 26.4 Å². The van der Waals surface area contributed by atoms with Crippen LogP contribution in [0.25, 0.3) is 0 Å². The Morgan fingerprint density at radius 2 is 1.89 bits per heavy atom. The summed E-state index contributed by atoms with van der Waals surface area (Å²) in [6.45, 7) is 12.4. The predicted molar refractivity (Wildman–Crippen MR) is 168 cm³/mol. The first kappa shape index (κ1) is 36.2. The molecule has 0 radical (unpaired) electrons. The third-order valence-corrected chi connectivity index (χ3v) is 9.46. The van der Waals surface area contributed by atoms with Gasteiger partial charge in [-0.2, -0.15) is 0 Å². The fourth-order valence-electron chi connectivity index (χ4n) is 7.09. The number of carboxylic acids is 1. The Balaban J connectivity index is 1.68. The second kappa shape index (κ2) is 15.3. The van der Waals surface area contributed by atoms with E-state index >= 15 is 0 Å². The molecule has 0 saturated carbocycles. The van der Waals surface area contributed by atoms with Crippen molar-refractivity contribution in [3.63, 3.8) is 0 Å². The van der Waals surface area contributed by atoms with Gasteiger partial charge in [-0.05, 0) is 62.5 Å². The minimum atomic E-state index is -2.00. The van der Waals surface area contributed by atoms with Crippen molar-refractivity contribution in [2.24, 2.45) is 23.7 Å². The molecule has 9 heteroatoms. The highest BCUT2D eigenvalue weighted by Crippen LogP contribution is 2.44. The molecule has 44 heavy (non-hydrogen) atoms. The molecule has 2 aliphatic heterocycles. The maximum absolute atomic E-state index is 12.8. The van der Waals surface area contributed by atoms with Gasteiger partial charge in [0.05, 0.1) is 37.1 Å². The average molecular weight is 619 g/mol. The van der Waals surface area contributed by atoms with Crippen LogP contribution in [0.4, 0.5) is 0 Å². The SMILES string of the molecule is COC(=O)/C(=C\C=C\[C@H](C)C/C(C)=C/C[C@@H]1C[C@H](O)C[C@]2(CC[C@H](C)[C@@H](C(C)C)O2)O1)[C@]1(O)C[C@H](OC)C(C)=C[C@H]1C(=O)O. The first-order chi connectivity index (χ1) is 20.6.